The Morgan fingerprint density at radius 1 is 1.22 bits per heavy atom. The van der Waals surface area contributed by atoms with Gasteiger partial charge in [-0.2, -0.15) is 0 Å². The molecule has 2 rings (SSSR count). The maximum Gasteiger partial charge on any atom is 0.348 e. The Kier molecular flexibility index (Phi) is 5.48. The SMILES string of the molecule is COC(=O)c1ccc(NC(=O)C=Cc2ccc(OC)c(F)c2)s1. The second-order valence-corrected chi connectivity index (χ2v) is 5.46. The third kappa shape index (κ3) is 4.40. The molecule has 0 radical (unpaired) electrons. The Balaban J connectivity index is 2.00. The summed E-state index contributed by atoms with van der Waals surface area (Å²) in [6, 6.07) is 7.55. The average Bonchev–Trinajstić information content (AvgIpc) is 3.00. The molecule has 0 saturated heterocycles. The molecule has 0 fully saturated rings. The van der Waals surface area contributed by atoms with Crippen LogP contribution < -0.4 is 10.1 Å². The normalized spacial score (nSPS) is 10.6. The average molecular weight is 335 g/mol. The number of hydrogen-bond acceptors (Lipinski definition) is 5. The van der Waals surface area contributed by atoms with E-state index in [4.69, 9.17) is 4.74 Å². The predicted molar refractivity (Wildman–Crippen MR) is 86.3 cm³/mol. The van der Waals surface area contributed by atoms with E-state index >= 15 is 0 Å². The number of hydrogen-bond donors (Lipinski definition) is 1. The minimum atomic E-state index is -0.504. The summed E-state index contributed by atoms with van der Waals surface area (Å²) in [7, 11) is 2.67. The zero-order valence-corrected chi connectivity index (χ0v) is 13.3. The standard InChI is InChI=1S/C16H14FNO4S/c1-21-12-5-3-10(9-11(12)17)4-7-14(19)18-15-8-6-13(23-15)16(20)22-2/h3-9H,1-2H3,(H,18,19). The van der Waals surface area contributed by atoms with E-state index in [0.29, 0.717) is 15.4 Å². The van der Waals surface area contributed by atoms with Crippen LogP contribution in [0.5, 0.6) is 5.75 Å². The zero-order valence-electron chi connectivity index (χ0n) is 12.5. The van der Waals surface area contributed by atoms with Crippen LogP contribution in [0.1, 0.15) is 15.2 Å². The fraction of sp³-hybridized carbons (Fsp3) is 0.125. The van der Waals surface area contributed by atoms with E-state index in [1.54, 1.807) is 18.2 Å². The molecular weight excluding hydrogens is 321 g/mol. The summed E-state index contributed by atoms with van der Waals surface area (Å²) in [5, 5.41) is 3.13. The number of amides is 1. The number of carbonyl (C=O) groups excluding carboxylic acids is 2. The van der Waals surface area contributed by atoms with Crippen molar-refractivity contribution < 1.29 is 23.5 Å². The maximum absolute atomic E-state index is 13.5. The smallest absolute Gasteiger partial charge is 0.348 e. The first kappa shape index (κ1) is 16.7. The zero-order chi connectivity index (χ0) is 16.8. The minimum absolute atomic E-state index is 0.139. The van der Waals surface area contributed by atoms with E-state index in [1.807, 2.05) is 0 Å². The summed E-state index contributed by atoms with van der Waals surface area (Å²) >= 11 is 1.11. The molecule has 120 valence electrons. The van der Waals surface area contributed by atoms with E-state index in [9.17, 15) is 14.0 Å². The fourth-order valence-electron chi connectivity index (χ4n) is 1.74. The monoisotopic (exact) mass is 335 g/mol. The molecule has 1 N–H and O–H groups in total. The van der Waals surface area contributed by atoms with Gasteiger partial charge in [-0.3, -0.25) is 4.79 Å². The number of thiophene rings is 1. The van der Waals surface area contributed by atoms with Crippen LogP contribution in [0.3, 0.4) is 0 Å². The Morgan fingerprint density at radius 2 is 2.00 bits per heavy atom. The number of benzene rings is 1. The summed E-state index contributed by atoms with van der Waals surface area (Å²) in [5.41, 5.74) is 0.528. The molecule has 0 spiro atoms. The van der Waals surface area contributed by atoms with Crippen LogP contribution in [0.15, 0.2) is 36.4 Å². The Hall–Kier alpha value is -2.67. The van der Waals surface area contributed by atoms with Crippen LogP contribution in [-0.4, -0.2) is 26.1 Å². The number of carbonyl (C=O) groups is 2. The number of rotatable bonds is 5. The highest BCUT2D eigenvalue weighted by Crippen LogP contribution is 2.22. The molecule has 0 atom stereocenters. The summed E-state index contributed by atoms with van der Waals surface area (Å²) in [5.74, 6) is -1.21. The first-order chi connectivity index (χ1) is 11.0. The van der Waals surface area contributed by atoms with Crippen LogP contribution >= 0.6 is 11.3 Å². The molecule has 0 aliphatic carbocycles. The van der Waals surface area contributed by atoms with Crippen molar-refractivity contribution in [3.63, 3.8) is 0 Å². The first-order valence-corrected chi connectivity index (χ1v) is 7.36. The van der Waals surface area contributed by atoms with Crippen molar-refractivity contribution in [2.75, 3.05) is 19.5 Å². The van der Waals surface area contributed by atoms with Crippen LogP contribution in [-0.2, 0) is 9.53 Å². The van der Waals surface area contributed by atoms with Gasteiger partial charge in [-0.1, -0.05) is 6.07 Å². The van der Waals surface area contributed by atoms with E-state index in [0.717, 1.165) is 11.3 Å². The highest BCUT2D eigenvalue weighted by Gasteiger charge is 2.10. The molecule has 0 aliphatic rings. The minimum Gasteiger partial charge on any atom is -0.494 e. The van der Waals surface area contributed by atoms with Crippen LogP contribution in [0.25, 0.3) is 6.08 Å². The molecule has 0 bridgehead atoms. The lowest BCUT2D eigenvalue weighted by atomic mass is 10.2. The van der Waals surface area contributed by atoms with Gasteiger partial charge in [0.15, 0.2) is 11.6 Å². The Morgan fingerprint density at radius 3 is 2.65 bits per heavy atom. The number of nitrogens with one attached hydrogen (secondary N) is 1. The second kappa shape index (κ2) is 7.55. The van der Waals surface area contributed by atoms with Crippen molar-refractivity contribution in [3.8, 4) is 5.75 Å². The lowest BCUT2D eigenvalue weighted by Crippen LogP contribution is -2.06. The van der Waals surface area contributed by atoms with Gasteiger partial charge in [0.05, 0.1) is 19.2 Å². The van der Waals surface area contributed by atoms with Crippen molar-refractivity contribution in [2.45, 2.75) is 0 Å². The van der Waals surface area contributed by atoms with Crippen molar-refractivity contribution in [2.24, 2.45) is 0 Å². The topological polar surface area (TPSA) is 64.6 Å². The third-order valence-electron chi connectivity index (χ3n) is 2.84. The van der Waals surface area contributed by atoms with Gasteiger partial charge in [-0.05, 0) is 35.9 Å². The number of methoxy groups -OCH3 is 2. The highest BCUT2D eigenvalue weighted by atomic mass is 32.1. The number of halogens is 1. The van der Waals surface area contributed by atoms with Gasteiger partial charge >= 0.3 is 5.97 Å². The van der Waals surface area contributed by atoms with Gasteiger partial charge in [-0.25, -0.2) is 9.18 Å². The molecular formula is C16H14FNO4S. The Labute approximate surface area is 136 Å². The summed E-state index contributed by atoms with van der Waals surface area (Å²) in [6.45, 7) is 0. The summed E-state index contributed by atoms with van der Waals surface area (Å²) < 4.78 is 22.9. The molecule has 5 nitrogen and oxygen atoms in total. The number of esters is 1. The quantitative estimate of drug-likeness (QED) is 0.672. The van der Waals surface area contributed by atoms with Crippen molar-refractivity contribution in [3.05, 3.63) is 52.7 Å². The molecule has 1 aromatic heterocycles. The Bertz CT molecular complexity index is 754. The predicted octanol–water partition coefficient (Wildman–Crippen LogP) is 3.33. The van der Waals surface area contributed by atoms with Gasteiger partial charge in [0, 0.05) is 6.08 Å². The molecule has 0 unspecified atom stereocenters. The second-order valence-electron chi connectivity index (χ2n) is 4.37. The molecule has 1 heterocycles. The molecule has 1 aromatic carbocycles. The number of anilines is 1. The molecule has 2 aromatic rings. The molecule has 7 heteroatoms. The van der Waals surface area contributed by atoms with Crippen LogP contribution in [0, 0.1) is 5.82 Å². The summed E-state index contributed by atoms with van der Waals surface area (Å²) in [6.07, 6.45) is 2.76. The van der Waals surface area contributed by atoms with Gasteiger partial charge < -0.3 is 14.8 Å². The van der Waals surface area contributed by atoms with E-state index in [-0.39, 0.29) is 11.7 Å². The van der Waals surface area contributed by atoms with Crippen molar-refractivity contribution in [1.82, 2.24) is 0 Å². The van der Waals surface area contributed by atoms with E-state index in [2.05, 4.69) is 10.1 Å². The lowest BCUT2D eigenvalue weighted by molar-refractivity contribution is -0.111. The number of ether oxygens (including phenoxy) is 2. The molecule has 0 aliphatic heterocycles. The first-order valence-electron chi connectivity index (χ1n) is 6.54. The van der Waals surface area contributed by atoms with Gasteiger partial charge in [-0.15, -0.1) is 11.3 Å². The van der Waals surface area contributed by atoms with Gasteiger partial charge in [0.2, 0.25) is 5.91 Å². The van der Waals surface area contributed by atoms with Crippen LogP contribution in [0.2, 0.25) is 0 Å². The van der Waals surface area contributed by atoms with Crippen molar-refractivity contribution in [1.29, 1.82) is 0 Å². The molecule has 0 saturated carbocycles. The van der Waals surface area contributed by atoms with Crippen LogP contribution in [0.4, 0.5) is 9.39 Å². The highest BCUT2D eigenvalue weighted by molar-refractivity contribution is 7.18. The van der Waals surface area contributed by atoms with Gasteiger partial charge in [0.1, 0.15) is 4.88 Å². The fourth-order valence-corrected chi connectivity index (χ4v) is 2.56. The van der Waals surface area contributed by atoms with E-state index in [1.165, 1.54) is 38.5 Å². The largest absolute Gasteiger partial charge is 0.494 e. The lowest BCUT2D eigenvalue weighted by Gasteiger charge is -2.02. The van der Waals surface area contributed by atoms with Crippen molar-refractivity contribution >= 4 is 34.3 Å². The molecule has 1 amide bonds. The third-order valence-corrected chi connectivity index (χ3v) is 3.82. The van der Waals surface area contributed by atoms with Gasteiger partial charge in [0.25, 0.3) is 0 Å². The molecule has 23 heavy (non-hydrogen) atoms. The maximum atomic E-state index is 13.5. The van der Waals surface area contributed by atoms with E-state index < -0.39 is 11.8 Å². The summed E-state index contributed by atoms with van der Waals surface area (Å²) in [4.78, 5) is 23.5.